The number of carboxylic acids is 1. The van der Waals surface area contributed by atoms with Crippen molar-refractivity contribution in [1.29, 1.82) is 0 Å². The molecule has 1 aromatic heterocycles. The van der Waals surface area contributed by atoms with Crippen molar-refractivity contribution in [3.8, 4) is 5.75 Å². The van der Waals surface area contributed by atoms with Gasteiger partial charge in [-0.15, -0.1) is 0 Å². The number of hydrogen-bond acceptors (Lipinski definition) is 3. The molecular formula is C26H26N2O3. The monoisotopic (exact) mass is 414 g/mol. The number of methoxy groups -OCH3 is 1. The Labute approximate surface area is 181 Å². The van der Waals surface area contributed by atoms with Gasteiger partial charge in [0.2, 0.25) is 0 Å². The smallest absolute Gasteiger partial charge is 0.352 e. The maximum atomic E-state index is 12.3. The highest BCUT2D eigenvalue weighted by Gasteiger charge is 2.22. The molecule has 158 valence electrons. The van der Waals surface area contributed by atoms with E-state index in [0.29, 0.717) is 25.3 Å². The second-order valence-corrected chi connectivity index (χ2v) is 7.64. The number of ether oxygens (including phenoxy) is 1. The van der Waals surface area contributed by atoms with Gasteiger partial charge in [0, 0.05) is 41.7 Å². The van der Waals surface area contributed by atoms with Crippen LogP contribution >= 0.6 is 0 Å². The van der Waals surface area contributed by atoms with E-state index in [0.717, 1.165) is 33.3 Å². The molecule has 0 bridgehead atoms. The number of fused-ring (bicyclic) bond motifs is 1. The average molecular weight is 415 g/mol. The summed E-state index contributed by atoms with van der Waals surface area (Å²) in [5.41, 5.74) is 5.34. The zero-order valence-electron chi connectivity index (χ0n) is 17.8. The Morgan fingerprint density at radius 3 is 2.42 bits per heavy atom. The van der Waals surface area contributed by atoms with E-state index in [2.05, 4.69) is 29.6 Å². The van der Waals surface area contributed by atoms with Crippen LogP contribution in [0, 0.1) is 6.92 Å². The van der Waals surface area contributed by atoms with Gasteiger partial charge in [0.1, 0.15) is 11.4 Å². The van der Waals surface area contributed by atoms with E-state index in [4.69, 9.17) is 4.74 Å². The van der Waals surface area contributed by atoms with Gasteiger partial charge >= 0.3 is 5.97 Å². The molecule has 0 aliphatic heterocycles. The van der Waals surface area contributed by atoms with Crippen LogP contribution in [0.25, 0.3) is 10.9 Å². The summed E-state index contributed by atoms with van der Waals surface area (Å²) in [6, 6.07) is 23.9. The number of rotatable bonds is 8. The minimum absolute atomic E-state index is 0.328. The first-order valence-electron chi connectivity index (χ1n) is 10.3. The number of benzene rings is 3. The van der Waals surface area contributed by atoms with Crippen molar-refractivity contribution in [1.82, 2.24) is 9.88 Å². The Hall–Kier alpha value is -3.57. The number of aromatic carboxylic acids is 1. The fourth-order valence-corrected chi connectivity index (χ4v) is 4.01. The third-order valence-electron chi connectivity index (χ3n) is 5.55. The van der Waals surface area contributed by atoms with Crippen molar-refractivity contribution < 1.29 is 14.6 Å². The zero-order chi connectivity index (χ0) is 21.8. The number of nitrogens with one attached hydrogen (secondary N) is 1. The number of carbonyl (C=O) groups is 1. The lowest BCUT2D eigenvalue weighted by Crippen LogP contribution is -2.17. The molecule has 1 heterocycles. The Morgan fingerprint density at radius 1 is 0.968 bits per heavy atom. The Kier molecular flexibility index (Phi) is 6.05. The number of hydrogen-bond donors (Lipinski definition) is 2. The highest BCUT2D eigenvalue weighted by Crippen LogP contribution is 2.28. The highest BCUT2D eigenvalue weighted by molar-refractivity contribution is 5.98. The van der Waals surface area contributed by atoms with E-state index >= 15 is 0 Å². The summed E-state index contributed by atoms with van der Waals surface area (Å²) in [4.78, 5) is 12.3. The minimum Gasteiger partial charge on any atom is -0.496 e. The van der Waals surface area contributed by atoms with Crippen LogP contribution in [0.1, 0.15) is 32.7 Å². The van der Waals surface area contributed by atoms with Crippen molar-refractivity contribution >= 4 is 16.9 Å². The van der Waals surface area contributed by atoms with Crippen LogP contribution in [-0.4, -0.2) is 22.8 Å². The normalized spacial score (nSPS) is 11.0. The third-order valence-corrected chi connectivity index (χ3v) is 5.55. The van der Waals surface area contributed by atoms with Crippen LogP contribution in [0.5, 0.6) is 5.75 Å². The molecule has 3 aromatic carbocycles. The second-order valence-electron chi connectivity index (χ2n) is 7.64. The predicted octanol–water partition coefficient (Wildman–Crippen LogP) is 4.99. The summed E-state index contributed by atoms with van der Waals surface area (Å²) in [6.45, 7) is 3.58. The fourth-order valence-electron chi connectivity index (χ4n) is 4.01. The van der Waals surface area contributed by atoms with Crippen LogP contribution in [0.15, 0.2) is 72.8 Å². The quantitative estimate of drug-likeness (QED) is 0.426. The summed E-state index contributed by atoms with van der Waals surface area (Å²) in [5, 5.41) is 14.5. The maximum absolute atomic E-state index is 12.3. The molecule has 0 saturated carbocycles. The maximum Gasteiger partial charge on any atom is 0.352 e. The average Bonchev–Trinajstić information content (AvgIpc) is 3.09. The van der Waals surface area contributed by atoms with Gasteiger partial charge in [0.25, 0.3) is 0 Å². The lowest BCUT2D eigenvalue weighted by atomic mass is 10.1. The van der Waals surface area contributed by atoms with Gasteiger partial charge in [0.15, 0.2) is 0 Å². The molecule has 2 N–H and O–H groups in total. The van der Waals surface area contributed by atoms with Gasteiger partial charge in [-0.3, -0.25) is 0 Å². The molecule has 4 rings (SSSR count). The molecule has 4 aromatic rings. The molecule has 5 nitrogen and oxygen atoms in total. The van der Waals surface area contributed by atoms with E-state index in [1.54, 1.807) is 7.11 Å². The Bertz CT molecular complexity index is 1210. The van der Waals surface area contributed by atoms with Gasteiger partial charge in [-0.25, -0.2) is 4.79 Å². The molecule has 0 fully saturated rings. The second kappa shape index (κ2) is 9.06. The molecule has 0 saturated heterocycles. The van der Waals surface area contributed by atoms with Crippen LogP contribution in [0.2, 0.25) is 0 Å². The fraction of sp³-hybridized carbons (Fsp3) is 0.192. The van der Waals surface area contributed by atoms with Gasteiger partial charge in [-0.2, -0.15) is 0 Å². The molecule has 0 amide bonds. The van der Waals surface area contributed by atoms with Crippen molar-refractivity contribution in [3.05, 3.63) is 101 Å². The van der Waals surface area contributed by atoms with E-state index in [1.807, 2.05) is 60.0 Å². The van der Waals surface area contributed by atoms with E-state index in [9.17, 15) is 9.90 Å². The Morgan fingerprint density at radius 2 is 1.68 bits per heavy atom. The van der Waals surface area contributed by atoms with Crippen LogP contribution in [-0.2, 0) is 19.6 Å². The predicted molar refractivity (Wildman–Crippen MR) is 123 cm³/mol. The van der Waals surface area contributed by atoms with Crippen molar-refractivity contribution in [3.63, 3.8) is 0 Å². The third kappa shape index (κ3) is 4.32. The minimum atomic E-state index is -0.919. The number of aromatic nitrogens is 1. The molecule has 0 unspecified atom stereocenters. The molecular weight excluding hydrogens is 388 g/mol. The van der Waals surface area contributed by atoms with Crippen molar-refractivity contribution in [2.75, 3.05) is 7.11 Å². The topological polar surface area (TPSA) is 63.5 Å². The SMILES string of the molecule is COc1ccccc1CNCc1c(C(=O)O)n(Cc2ccc(C)cc2)c2ccccc12. The number of aryl methyl sites for hydroxylation is 1. The molecule has 0 aliphatic rings. The van der Waals surface area contributed by atoms with Crippen LogP contribution < -0.4 is 10.1 Å². The largest absolute Gasteiger partial charge is 0.496 e. The van der Waals surface area contributed by atoms with Crippen LogP contribution in [0.4, 0.5) is 0 Å². The lowest BCUT2D eigenvalue weighted by Gasteiger charge is -2.11. The van der Waals surface area contributed by atoms with Crippen molar-refractivity contribution in [2.24, 2.45) is 0 Å². The first-order chi connectivity index (χ1) is 15.1. The summed E-state index contributed by atoms with van der Waals surface area (Å²) in [6.07, 6.45) is 0. The van der Waals surface area contributed by atoms with E-state index in [-0.39, 0.29) is 0 Å². The van der Waals surface area contributed by atoms with Gasteiger partial charge in [-0.05, 0) is 24.6 Å². The molecule has 0 atom stereocenters. The first kappa shape index (κ1) is 20.7. The number of carboxylic acid groups (broad SMARTS) is 1. The number of para-hydroxylation sites is 2. The molecule has 5 heteroatoms. The first-order valence-corrected chi connectivity index (χ1v) is 10.3. The van der Waals surface area contributed by atoms with E-state index in [1.165, 1.54) is 5.56 Å². The molecule has 0 spiro atoms. The van der Waals surface area contributed by atoms with Gasteiger partial charge in [0.05, 0.1) is 7.11 Å². The summed E-state index contributed by atoms with van der Waals surface area (Å²) >= 11 is 0. The van der Waals surface area contributed by atoms with Gasteiger partial charge < -0.3 is 19.7 Å². The summed E-state index contributed by atoms with van der Waals surface area (Å²) < 4.78 is 7.33. The Balaban J connectivity index is 1.68. The summed E-state index contributed by atoms with van der Waals surface area (Å²) in [7, 11) is 1.65. The zero-order valence-corrected chi connectivity index (χ0v) is 17.8. The molecule has 0 radical (unpaired) electrons. The number of nitrogens with zero attached hydrogens (tertiary/aromatic N) is 1. The van der Waals surface area contributed by atoms with Gasteiger partial charge in [-0.1, -0.05) is 66.2 Å². The van der Waals surface area contributed by atoms with Crippen LogP contribution in [0.3, 0.4) is 0 Å². The van der Waals surface area contributed by atoms with Crippen molar-refractivity contribution in [2.45, 2.75) is 26.6 Å². The molecule has 31 heavy (non-hydrogen) atoms. The summed E-state index contributed by atoms with van der Waals surface area (Å²) in [5.74, 6) is -0.104. The standard InChI is InChI=1S/C26H26N2O3/c1-18-11-13-19(14-12-18)17-28-23-9-5-4-8-21(23)22(25(28)26(29)30)16-27-15-20-7-3-6-10-24(20)31-2/h3-14,27H,15-17H2,1-2H3,(H,29,30). The lowest BCUT2D eigenvalue weighted by molar-refractivity contribution is 0.0684. The van der Waals surface area contributed by atoms with E-state index < -0.39 is 5.97 Å². The molecule has 0 aliphatic carbocycles. The highest BCUT2D eigenvalue weighted by atomic mass is 16.5.